The summed E-state index contributed by atoms with van der Waals surface area (Å²) in [6.45, 7) is 0. The van der Waals surface area contributed by atoms with Gasteiger partial charge in [-0.15, -0.1) is 0 Å². The van der Waals surface area contributed by atoms with Crippen LogP contribution in [0.3, 0.4) is 0 Å². The van der Waals surface area contributed by atoms with E-state index in [4.69, 9.17) is 5.73 Å². The molecule has 0 bridgehead atoms. The Morgan fingerprint density at radius 2 is 2.00 bits per heavy atom. The third-order valence-electron chi connectivity index (χ3n) is 3.95. The van der Waals surface area contributed by atoms with Crippen molar-refractivity contribution in [2.75, 3.05) is 0 Å². The molecule has 17 heavy (non-hydrogen) atoms. The van der Waals surface area contributed by atoms with Crippen LogP contribution in [-0.2, 0) is 5.60 Å². The van der Waals surface area contributed by atoms with Gasteiger partial charge in [0.15, 0.2) is 0 Å². The highest BCUT2D eigenvalue weighted by atomic mass is 16.3. The molecule has 90 valence electrons. The number of hydrogen-bond donors (Lipinski definition) is 3. The molecule has 1 aromatic heterocycles. The summed E-state index contributed by atoms with van der Waals surface area (Å²) in [6, 6.07) is 8.36. The van der Waals surface area contributed by atoms with Crippen LogP contribution < -0.4 is 5.73 Å². The molecule has 0 radical (unpaired) electrons. The van der Waals surface area contributed by atoms with E-state index in [-0.39, 0.29) is 6.04 Å². The molecule has 1 aromatic carbocycles. The number of H-pyrrole nitrogens is 1. The predicted octanol–water partition coefficient (Wildman–Crippen LogP) is 2.26. The van der Waals surface area contributed by atoms with Gasteiger partial charge in [0, 0.05) is 23.1 Å². The first-order chi connectivity index (χ1) is 8.19. The number of nitrogens with two attached hydrogens (primary N) is 1. The molecule has 0 atom stereocenters. The largest absolute Gasteiger partial charge is 0.385 e. The fourth-order valence-corrected chi connectivity index (χ4v) is 2.88. The molecule has 1 aliphatic carbocycles. The Morgan fingerprint density at radius 1 is 1.24 bits per heavy atom. The fourth-order valence-electron chi connectivity index (χ4n) is 2.88. The Morgan fingerprint density at radius 3 is 2.76 bits per heavy atom. The molecule has 0 unspecified atom stereocenters. The van der Waals surface area contributed by atoms with E-state index >= 15 is 0 Å². The maximum atomic E-state index is 10.8. The summed E-state index contributed by atoms with van der Waals surface area (Å²) in [5.74, 6) is 0. The van der Waals surface area contributed by atoms with E-state index in [0.717, 1.165) is 42.1 Å². The highest BCUT2D eigenvalue weighted by molar-refractivity contribution is 5.83. The van der Waals surface area contributed by atoms with Crippen LogP contribution in [0.25, 0.3) is 10.9 Å². The van der Waals surface area contributed by atoms with Crippen LogP contribution in [0.2, 0.25) is 0 Å². The molecule has 1 saturated carbocycles. The SMILES string of the molecule is NC1CCC(O)(c2cccc3[nH]ccc23)CC1. The van der Waals surface area contributed by atoms with Crippen LogP contribution in [0.1, 0.15) is 31.2 Å². The lowest BCUT2D eigenvalue weighted by Gasteiger charge is -2.35. The number of aromatic amines is 1. The lowest BCUT2D eigenvalue weighted by molar-refractivity contribution is -0.00359. The number of nitrogens with one attached hydrogen (secondary N) is 1. The zero-order valence-electron chi connectivity index (χ0n) is 9.82. The molecular formula is C14H18N2O. The lowest BCUT2D eigenvalue weighted by atomic mass is 9.77. The zero-order chi connectivity index (χ0) is 11.9. The summed E-state index contributed by atoms with van der Waals surface area (Å²) in [7, 11) is 0. The molecule has 0 amide bonds. The zero-order valence-corrected chi connectivity index (χ0v) is 9.82. The smallest absolute Gasteiger partial charge is 0.0904 e. The molecule has 0 spiro atoms. The number of rotatable bonds is 1. The number of fused-ring (bicyclic) bond motifs is 1. The van der Waals surface area contributed by atoms with Crippen LogP contribution in [0, 0.1) is 0 Å². The summed E-state index contributed by atoms with van der Waals surface area (Å²) in [5, 5.41) is 11.9. The van der Waals surface area contributed by atoms with Crippen molar-refractivity contribution in [2.24, 2.45) is 5.73 Å². The van der Waals surface area contributed by atoms with E-state index in [9.17, 15) is 5.11 Å². The lowest BCUT2D eigenvalue weighted by Crippen LogP contribution is -2.36. The summed E-state index contributed by atoms with van der Waals surface area (Å²) in [6.07, 6.45) is 5.25. The van der Waals surface area contributed by atoms with E-state index in [1.165, 1.54) is 0 Å². The Balaban J connectivity index is 2.05. The molecule has 2 aromatic rings. The van der Waals surface area contributed by atoms with Gasteiger partial charge in [-0.1, -0.05) is 12.1 Å². The third kappa shape index (κ3) is 1.75. The quantitative estimate of drug-likeness (QED) is 0.703. The van der Waals surface area contributed by atoms with Gasteiger partial charge in [-0.05, 0) is 43.4 Å². The summed E-state index contributed by atoms with van der Waals surface area (Å²) in [5.41, 5.74) is 7.35. The molecule has 4 N–H and O–H groups in total. The standard InChI is InChI=1S/C14H18N2O/c15-10-4-7-14(17,8-5-10)12-2-1-3-13-11(12)6-9-16-13/h1-3,6,9-10,16-17H,4-5,7-8,15H2. The Bertz CT molecular complexity index is 524. The fraction of sp³-hybridized carbons (Fsp3) is 0.429. The molecule has 3 nitrogen and oxygen atoms in total. The first-order valence-electron chi connectivity index (χ1n) is 6.24. The highest BCUT2D eigenvalue weighted by Gasteiger charge is 2.34. The minimum atomic E-state index is -0.697. The van der Waals surface area contributed by atoms with Crippen LogP contribution in [-0.4, -0.2) is 16.1 Å². The third-order valence-corrected chi connectivity index (χ3v) is 3.95. The van der Waals surface area contributed by atoms with E-state index in [2.05, 4.69) is 4.98 Å². The van der Waals surface area contributed by atoms with Crippen LogP contribution in [0.5, 0.6) is 0 Å². The summed E-state index contributed by atoms with van der Waals surface area (Å²) >= 11 is 0. The van der Waals surface area contributed by atoms with Crippen LogP contribution >= 0.6 is 0 Å². The Kier molecular flexibility index (Phi) is 2.45. The van der Waals surface area contributed by atoms with Crippen molar-refractivity contribution in [1.29, 1.82) is 0 Å². The Hall–Kier alpha value is -1.32. The Labute approximate surface area is 101 Å². The molecule has 0 saturated heterocycles. The molecular weight excluding hydrogens is 212 g/mol. The van der Waals surface area contributed by atoms with Gasteiger partial charge in [0.25, 0.3) is 0 Å². The van der Waals surface area contributed by atoms with E-state index < -0.39 is 5.60 Å². The van der Waals surface area contributed by atoms with Crippen molar-refractivity contribution in [3.05, 3.63) is 36.0 Å². The van der Waals surface area contributed by atoms with Crippen LogP contribution in [0.4, 0.5) is 0 Å². The van der Waals surface area contributed by atoms with E-state index in [0.29, 0.717) is 0 Å². The van der Waals surface area contributed by atoms with Crippen molar-refractivity contribution in [3.63, 3.8) is 0 Å². The van der Waals surface area contributed by atoms with E-state index in [1.54, 1.807) is 0 Å². The molecule has 3 heteroatoms. The van der Waals surface area contributed by atoms with Crippen molar-refractivity contribution in [2.45, 2.75) is 37.3 Å². The number of benzene rings is 1. The van der Waals surface area contributed by atoms with Crippen LogP contribution in [0.15, 0.2) is 30.5 Å². The van der Waals surface area contributed by atoms with Gasteiger partial charge in [0.1, 0.15) is 0 Å². The second kappa shape index (κ2) is 3.86. The van der Waals surface area contributed by atoms with Crippen molar-refractivity contribution in [1.82, 2.24) is 4.98 Å². The first kappa shape index (κ1) is 10.8. The van der Waals surface area contributed by atoms with Gasteiger partial charge in [0.05, 0.1) is 5.60 Å². The minimum Gasteiger partial charge on any atom is -0.385 e. The van der Waals surface area contributed by atoms with Gasteiger partial charge in [0.2, 0.25) is 0 Å². The first-order valence-corrected chi connectivity index (χ1v) is 6.24. The number of aliphatic hydroxyl groups is 1. The van der Waals surface area contributed by atoms with Gasteiger partial charge in [-0.2, -0.15) is 0 Å². The molecule has 1 fully saturated rings. The molecule has 1 heterocycles. The number of hydrogen-bond acceptors (Lipinski definition) is 2. The molecule has 3 rings (SSSR count). The van der Waals surface area contributed by atoms with Gasteiger partial charge in [-0.3, -0.25) is 0 Å². The van der Waals surface area contributed by atoms with Crippen molar-refractivity contribution in [3.8, 4) is 0 Å². The van der Waals surface area contributed by atoms with Crippen molar-refractivity contribution >= 4 is 10.9 Å². The van der Waals surface area contributed by atoms with Gasteiger partial charge in [-0.25, -0.2) is 0 Å². The van der Waals surface area contributed by atoms with Gasteiger partial charge >= 0.3 is 0 Å². The average molecular weight is 230 g/mol. The van der Waals surface area contributed by atoms with Gasteiger partial charge < -0.3 is 15.8 Å². The second-order valence-electron chi connectivity index (χ2n) is 5.11. The summed E-state index contributed by atoms with van der Waals surface area (Å²) in [4.78, 5) is 3.19. The average Bonchev–Trinajstić information content (AvgIpc) is 2.81. The maximum Gasteiger partial charge on any atom is 0.0904 e. The second-order valence-corrected chi connectivity index (χ2v) is 5.11. The number of aromatic nitrogens is 1. The minimum absolute atomic E-state index is 0.251. The molecule has 1 aliphatic rings. The highest BCUT2D eigenvalue weighted by Crippen LogP contribution is 2.39. The maximum absolute atomic E-state index is 10.8. The summed E-state index contributed by atoms with van der Waals surface area (Å²) < 4.78 is 0. The monoisotopic (exact) mass is 230 g/mol. The normalized spacial score (nSPS) is 29.6. The molecule has 0 aliphatic heterocycles. The topological polar surface area (TPSA) is 62.0 Å². The predicted molar refractivity (Wildman–Crippen MR) is 68.6 cm³/mol. The van der Waals surface area contributed by atoms with Crippen molar-refractivity contribution < 1.29 is 5.11 Å². The van der Waals surface area contributed by atoms with E-state index in [1.807, 2.05) is 30.5 Å².